The highest BCUT2D eigenvalue weighted by Gasteiger charge is 2.15. The van der Waals surface area contributed by atoms with Crippen molar-refractivity contribution in [2.24, 2.45) is 0 Å². The minimum absolute atomic E-state index is 0.0897. The molecule has 0 aliphatic rings. The maximum absolute atomic E-state index is 13.2. The Morgan fingerprint density at radius 3 is 2.70 bits per heavy atom. The highest BCUT2D eigenvalue weighted by molar-refractivity contribution is 7.80. The van der Waals surface area contributed by atoms with Crippen molar-refractivity contribution in [2.75, 3.05) is 7.05 Å². The number of para-hydroxylation sites is 2. The Balaban J connectivity index is 1.91. The van der Waals surface area contributed by atoms with Crippen molar-refractivity contribution >= 4 is 28.4 Å². The first-order chi connectivity index (χ1) is 11.2. The van der Waals surface area contributed by atoms with Crippen molar-refractivity contribution < 1.29 is 4.39 Å². The number of nitrogens with zero attached hydrogens (tertiary/aromatic N) is 2. The van der Waals surface area contributed by atoms with Crippen molar-refractivity contribution in [3.8, 4) is 0 Å². The van der Waals surface area contributed by atoms with Crippen LogP contribution in [0.5, 0.6) is 0 Å². The zero-order chi connectivity index (χ0) is 16.2. The van der Waals surface area contributed by atoms with Gasteiger partial charge in [-0.05, 0) is 42.0 Å². The van der Waals surface area contributed by atoms with Crippen LogP contribution in [0, 0.1) is 5.82 Å². The molecule has 0 fully saturated rings. The number of imidazole rings is 1. The molecule has 1 aromatic heterocycles. The molecule has 1 unspecified atom stereocenters. The summed E-state index contributed by atoms with van der Waals surface area (Å²) in [5, 5.41) is 6.71. The number of hydrogen-bond donors (Lipinski definition) is 2. The summed E-state index contributed by atoms with van der Waals surface area (Å²) in [5.41, 5.74) is 2.96. The average Bonchev–Trinajstić information content (AvgIpc) is 2.98. The molecule has 1 heterocycles. The summed E-state index contributed by atoms with van der Waals surface area (Å²) < 4.78 is 15.3. The van der Waals surface area contributed by atoms with Gasteiger partial charge >= 0.3 is 0 Å². The summed E-state index contributed by atoms with van der Waals surface area (Å²) in [7, 11) is 1.77. The Hall–Kier alpha value is -2.47. The predicted molar refractivity (Wildman–Crippen MR) is 93.7 cm³/mol. The molecule has 2 aromatic carbocycles. The van der Waals surface area contributed by atoms with E-state index in [2.05, 4.69) is 20.2 Å². The van der Waals surface area contributed by atoms with Crippen LogP contribution in [0.1, 0.15) is 11.6 Å². The van der Waals surface area contributed by atoms with Gasteiger partial charge in [-0.25, -0.2) is 9.37 Å². The van der Waals surface area contributed by atoms with Crippen molar-refractivity contribution in [1.29, 1.82) is 0 Å². The van der Waals surface area contributed by atoms with Crippen molar-refractivity contribution in [2.45, 2.75) is 12.6 Å². The SMILES string of the molecule is CNC(=S)NC(Cn1cnc2ccccc21)c1ccc(F)cc1. The van der Waals surface area contributed by atoms with Gasteiger partial charge in [-0.15, -0.1) is 0 Å². The van der Waals surface area contributed by atoms with Gasteiger partial charge in [0.25, 0.3) is 0 Å². The molecule has 23 heavy (non-hydrogen) atoms. The van der Waals surface area contributed by atoms with Crippen LogP contribution in [0.25, 0.3) is 11.0 Å². The van der Waals surface area contributed by atoms with Crippen LogP contribution in [-0.4, -0.2) is 21.7 Å². The fourth-order valence-electron chi connectivity index (χ4n) is 2.51. The Morgan fingerprint density at radius 2 is 1.96 bits per heavy atom. The third kappa shape index (κ3) is 3.48. The highest BCUT2D eigenvalue weighted by atomic mass is 32.1. The smallest absolute Gasteiger partial charge is 0.166 e. The fourth-order valence-corrected chi connectivity index (χ4v) is 2.65. The van der Waals surface area contributed by atoms with Gasteiger partial charge in [0.05, 0.1) is 23.4 Å². The summed E-state index contributed by atoms with van der Waals surface area (Å²) in [6.45, 7) is 0.633. The average molecular weight is 328 g/mol. The van der Waals surface area contributed by atoms with Crippen LogP contribution in [-0.2, 0) is 6.54 Å². The van der Waals surface area contributed by atoms with E-state index >= 15 is 0 Å². The van der Waals surface area contributed by atoms with E-state index in [0.717, 1.165) is 16.6 Å². The van der Waals surface area contributed by atoms with Gasteiger partial charge in [0.15, 0.2) is 5.11 Å². The zero-order valence-corrected chi connectivity index (χ0v) is 13.5. The molecule has 4 nitrogen and oxygen atoms in total. The number of fused-ring (bicyclic) bond motifs is 1. The van der Waals surface area contributed by atoms with E-state index in [9.17, 15) is 4.39 Å². The Morgan fingerprint density at radius 1 is 1.22 bits per heavy atom. The van der Waals surface area contributed by atoms with Gasteiger partial charge < -0.3 is 15.2 Å². The van der Waals surface area contributed by atoms with Crippen molar-refractivity contribution in [3.05, 3.63) is 66.2 Å². The molecule has 0 saturated heterocycles. The maximum Gasteiger partial charge on any atom is 0.166 e. The standard InChI is InChI=1S/C17H17FN4S/c1-19-17(23)21-15(12-6-8-13(18)9-7-12)10-22-11-20-14-4-2-3-5-16(14)22/h2-9,11,15H,10H2,1H3,(H2,19,21,23). The molecule has 3 rings (SSSR count). The topological polar surface area (TPSA) is 41.9 Å². The number of thiocarbonyl (C=S) groups is 1. The van der Waals surface area contributed by atoms with Crippen LogP contribution in [0.3, 0.4) is 0 Å². The number of rotatable bonds is 4. The number of nitrogens with one attached hydrogen (secondary N) is 2. The van der Waals surface area contributed by atoms with Crippen LogP contribution in [0.2, 0.25) is 0 Å². The third-order valence-electron chi connectivity index (χ3n) is 3.71. The summed E-state index contributed by atoms with van der Waals surface area (Å²) in [5.74, 6) is -0.253. The fraction of sp³-hybridized carbons (Fsp3) is 0.176. The first kappa shape index (κ1) is 15.4. The van der Waals surface area contributed by atoms with E-state index in [-0.39, 0.29) is 11.9 Å². The van der Waals surface area contributed by atoms with Gasteiger partial charge in [-0.1, -0.05) is 24.3 Å². The molecule has 0 aliphatic heterocycles. The monoisotopic (exact) mass is 328 g/mol. The lowest BCUT2D eigenvalue weighted by Crippen LogP contribution is -2.37. The minimum Gasteiger partial charge on any atom is -0.366 e. The second kappa shape index (κ2) is 6.75. The molecular formula is C17H17FN4S. The van der Waals surface area contributed by atoms with Gasteiger partial charge in [0, 0.05) is 13.6 Å². The number of aromatic nitrogens is 2. The van der Waals surface area contributed by atoms with E-state index in [1.165, 1.54) is 12.1 Å². The quantitative estimate of drug-likeness (QED) is 0.723. The highest BCUT2D eigenvalue weighted by Crippen LogP contribution is 2.19. The van der Waals surface area contributed by atoms with Crippen LogP contribution < -0.4 is 10.6 Å². The normalized spacial score (nSPS) is 12.1. The van der Waals surface area contributed by atoms with E-state index in [4.69, 9.17) is 12.2 Å². The first-order valence-electron chi connectivity index (χ1n) is 7.31. The van der Waals surface area contributed by atoms with Gasteiger partial charge in [-0.3, -0.25) is 0 Å². The van der Waals surface area contributed by atoms with Crippen LogP contribution >= 0.6 is 12.2 Å². The molecule has 2 N–H and O–H groups in total. The van der Waals surface area contributed by atoms with E-state index in [0.29, 0.717) is 11.7 Å². The molecule has 0 amide bonds. The molecule has 0 aliphatic carbocycles. The van der Waals surface area contributed by atoms with Gasteiger partial charge in [0.1, 0.15) is 5.82 Å². The summed E-state index contributed by atoms with van der Waals surface area (Å²) in [6, 6.07) is 14.3. The first-order valence-corrected chi connectivity index (χ1v) is 7.72. The molecule has 6 heteroatoms. The largest absolute Gasteiger partial charge is 0.366 e. The lowest BCUT2D eigenvalue weighted by molar-refractivity contribution is 0.537. The Kier molecular flexibility index (Phi) is 4.52. The van der Waals surface area contributed by atoms with Crippen molar-refractivity contribution in [1.82, 2.24) is 20.2 Å². The Bertz CT molecular complexity index is 813. The molecular weight excluding hydrogens is 311 g/mol. The molecule has 0 spiro atoms. The number of halogens is 1. The predicted octanol–water partition coefficient (Wildman–Crippen LogP) is 3.01. The molecule has 0 radical (unpaired) electrons. The summed E-state index contributed by atoms with van der Waals surface area (Å²) in [6.07, 6.45) is 1.81. The molecule has 3 aromatic rings. The third-order valence-corrected chi connectivity index (χ3v) is 4.03. The van der Waals surface area contributed by atoms with Gasteiger partial charge in [-0.2, -0.15) is 0 Å². The molecule has 0 bridgehead atoms. The van der Waals surface area contributed by atoms with Crippen LogP contribution in [0.15, 0.2) is 54.9 Å². The van der Waals surface area contributed by atoms with Crippen molar-refractivity contribution in [3.63, 3.8) is 0 Å². The summed E-state index contributed by atoms with van der Waals surface area (Å²) >= 11 is 5.23. The Labute approximate surface area is 139 Å². The second-order valence-corrected chi connectivity index (χ2v) is 5.62. The van der Waals surface area contributed by atoms with E-state index in [1.54, 1.807) is 19.2 Å². The van der Waals surface area contributed by atoms with E-state index in [1.807, 2.05) is 30.6 Å². The molecule has 118 valence electrons. The number of hydrogen-bond acceptors (Lipinski definition) is 2. The van der Waals surface area contributed by atoms with Gasteiger partial charge in [0.2, 0.25) is 0 Å². The van der Waals surface area contributed by atoms with Crippen LogP contribution in [0.4, 0.5) is 4.39 Å². The molecule has 1 atom stereocenters. The lowest BCUT2D eigenvalue weighted by Gasteiger charge is -2.21. The second-order valence-electron chi connectivity index (χ2n) is 5.21. The lowest BCUT2D eigenvalue weighted by atomic mass is 10.1. The molecule has 0 saturated carbocycles. The van der Waals surface area contributed by atoms with E-state index < -0.39 is 0 Å². The summed E-state index contributed by atoms with van der Waals surface area (Å²) in [4.78, 5) is 4.41. The zero-order valence-electron chi connectivity index (χ0n) is 12.7. The minimum atomic E-state index is -0.253. The number of benzene rings is 2. The maximum atomic E-state index is 13.2.